The van der Waals surface area contributed by atoms with Gasteiger partial charge in [-0.25, -0.2) is 9.18 Å². The van der Waals surface area contributed by atoms with Gasteiger partial charge in [0.2, 0.25) is 0 Å². The summed E-state index contributed by atoms with van der Waals surface area (Å²) in [6.07, 6.45) is 1.56. The molecular formula is C29H34FN3O4. The highest BCUT2D eigenvalue weighted by Crippen LogP contribution is 2.36. The number of ketones is 1. The van der Waals surface area contributed by atoms with E-state index in [1.165, 1.54) is 19.2 Å². The predicted molar refractivity (Wildman–Crippen MR) is 140 cm³/mol. The van der Waals surface area contributed by atoms with E-state index in [1.54, 1.807) is 25.3 Å². The van der Waals surface area contributed by atoms with Crippen LogP contribution in [0.3, 0.4) is 0 Å². The average molecular weight is 508 g/mol. The normalized spacial score (nSPS) is 18.8. The molecule has 2 aliphatic rings. The lowest BCUT2D eigenvalue weighted by Gasteiger charge is -2.36. The van der Waals surface area contributed by atoms with Gasteiger partial charge in [-0.15, -0.1) is 0 Å². The number of hydrogen-bond donors (Lipinski definition) is 0. The van der Waals surface area contributed by atoms with Crippen LogP contribution in [-0.2, 0) is 22.4 Å². The number of carbonyl (C=O) groups excluding carboxylic acids is 2. The molecule has 1 aliphatic carbocycles. The zero-order chi connectivity index (χ0) is 25.9. The molecule has 1 aromatic heterocycles. The number of Topliss-reactive ketones (excluding diaryl/α,β-unsaturated/α-hetero) is 1. The van der Waals surface area contributed by atoms with Crippen molar-refractivity contribution in [3.63, 3.8) is 0 Å². The largest absolute Gasteiger partial charge is 0.465 e. The number of hydrogen-bond acceptors (Lipinski definition) is 6. The highest BCUT2D eigenvalue weighted by atomic mass is 19.1. The average Bonchev–Trinajstić information content (AvgIpc) is 3.22. The summed E-state index contributed by atoms with van der Waals surface area (Å²) in [6.45, 7) is 6.81. The van der Waals surface area contributed by atoms with E-state index in [1.807, 2.05) is 12.1 Å². The topological polar surface area (TPSA) is 64.0 Å². The first-order chi connectivity index (χ1) is 18.0. The molecule has 0 bridgehead atoms. The third-order valence-electron chi connectivity index (χ3n) is 7.75. The van der Waals surface area contributed by atoms with Gasteiger partial charge in [0.1, 0.15) is 5.82 Å². The van der Waals surface area contributed by atoms with Crippen molar-refractivity contribution in [1.29, 1.82) is 0 Å². The van der Waals surface area contributed by atoms with Crippen molar-refractivity contribution in [2.75, 3.05) is 60.1 Å². The summed E-state index contributed by atoms with van der Waals surface area (Å²) >= 11 is 0. The Kier molecular flexibility index (Phi) is 7.69. The molecule has 1 fully saturated rings. The maximum Gasteiger partial charge on any atom is 0.337 e. The van der Waals surface area contributed by atoms with Crippen LogP contribution in [-0.4, -0.2) is 86.2 Å². The minimum absolute atomic E-state index is 0.0836. The van der Waals surface area contributed by atoms with E-state index >= 15 is 0 Å². The fraction of sp³-hybridized carbons (Fsp3) is 0.448. The monoisotopic (exact) mass is 507 g/mol. The van der Waals surface area contributed by atoms with Gasteiger partial charge < -0.3 is 18.9 Å². The van der Waals surface area contributed by atoms with Crippen molar-refractivity contribution in [1.82, 2.24) is 14.4 Å². The van der Waals surface area contributed by atoms with Crippen molar-refractivity contribution in [2.24, 2.45) is 5.92 Å². The van der Waals surface area contributed by atoms with Gasteiger partial charge in [0.05, 0.1) is 19.3 Å². The molecule has 3 aromatic rings. The minimum Gasteiger partial charge on any atom is -0.465 e. The van der Waals surface area contributed by atoms with Crippen LogP contribution in [0.25, 0.3) is 10.9 Å². The first kappa shape index (κ1) is 25.6. The Balaban J connectivity index is 1.37. The van der Waals surface area contributed by atoms with Gasteiger partial charge >= 0.3 is 5.97 Å². The third-order valence-corrected chi connectivity index (χ3v) is 7.75. The molecule has 5 rings (SSSR count). The molecular weight excluding hydrogens is 473 g/mol. The van der Waals surface area contributed by atoms with Gasteiger partial charge in [0.25, 0.3) is 0 Å². The predicted octanol–water partition coefficient (Wildman–Crippen LogP) is 3.62. The molecule has 196 valence electrons. The number of ether oxygens (including phenoxy) is 2. The zero-order valence-electron chi connectivity index (χ0n) is 21.5. The van der Waals surface area contributed by atoms with Gasteiger partial charge in [-0.3, -0.25) is 9.69 Å². The summed E-state index contributed by atoms with van der Waals surface area (Å²) in [7, 11) is 3.09. The van der Waals surface area contributed by atoms with Gasteiger partial charge in [0, 0.05) is 81.0 Å². The number of benzene rings is 2. The van der Waals surface area contributed by atoms with Crippen molar-refractivity contribution < 1.29 is 23.5 Å². The molecule has 1 saturated heterocycles. The summed E-state index contributed by atoms with van der Waals surface area (Å²) < 4.78 is 26.5. The van der Waals surface area contributed by atoms with Crippen LogP contribution < -0.4 is 0 Å². The number of aromatic nitrogens is 1. The zero-order valence-corrected chi connectivity index (χ0v) is 21.5. The standard InChI is InChI=1S/C29H34FN3O4/c1-36-16-15-31-11-13-32(14-12-31)19-22-7-9-26-27(28(22)34)24-17-23(30)8-10-25(24)33(26)18-20-3-5-21(6-4-20)29(35)37-2/h3-6,8,10,17,22H,7,9,11-16,18-19H2,1-2H3. The Morgan fingerprint density at radius 2 is 1.76 bits per heavy atom. The molecule has 1 unspecified atom stereocenters. The Labute approximate surface area is 216 Å². The van der Waals surface area contributed by atoms with Crippen molar-refractivity contribution in [3.8, 4) is 0 Å². The number of piperazine rings is 1. The molecule has 0 saturated carbocycles. The van der Waals surface area contributed by atoms with Crippen LogP contribution in [0.15, 0.2) is 42.5 Å². The molecule has 0 N–H and O–H groups in total. The summed E-state index contributed by atoms with van der Waals surface area (Å²) in [5, 5.41) is 0.695. The van der Waals surface area contributed by atoms with Crippen molar-refractivity contribution >= 4 is 22.7 Å². The van der Waals surface area contributed by atoms with Crippen LogP contribution in [0.2, 0.25) is 0 Å². The molecule has 0 radical (unpaired) electrons. The lowest BCUT2D eigenvalue weighted by atomic mass is 9.84. The molecule has 7 nitrogen and oxygen atoms in total. The number of methoxy groups -OCH3 is 2. The molecule has 0 amide bonds. The van der Waals surface area contributed by atoms with Crippen molar-refractivity contribution in [3.05, 3.63) is 70.7 Å². The lowest BCUT2D eigenvalue weighted by molar-refractivity contribution is 0.0600. The maximum atomic E-state index is 14.3. The Bertz CT molecular complexity index is 1280. The number of fused-ring (bicyclic) bond motifs is 3. The molecule has 2 heterocycles. The van der Waals surface area contributed by atoms with E-state index in [0.29, 0.717) is 23.1 Å². The Hall–Kier alpha value is -3.07. The fourth-order valence-electron chi connectivity index (χ4n) is 5.69. The summed E-state index contributed by atoms with van der Waals surface area (Å²) in [6, 6.07) is 12.0. The smallest absolute Gasteiger partial charge is 0.337 e. The van der Waals surface area contributed by atoms with Crippen LogP contribution in [0.4, 0.5) is 4.39 Å². The van der Waals surface area contributed by atoms with Gasteiger partial charge in [-0.1, -0.05) is 12.1 Å². The summed E-state index contributed by atoms with van der Waals surface area (Å²) in [4.78, 5) is 30.4. The van der Waals surface area contributed by atoms with Crippen molar-refractivity contribution in [2.45, 2.75) is 19.4 Å². The highest BCUT2D eigenvalue weighted by molar-refractivity contribution is 6.11. The lowest BCUT2D eigenvalue weighted by Crippen LogP contribution is -2.49. The van der Waals surface area contributed by atoms with Gasteiger partial charge in [0.15, 0.2) is 5.78 Å². The Morgan fingerprint density at radius 3 is 2.46 bits per heavy atom. The van der Waals surface area contributed by atoms with E-state index in [4.69, 9.17) is 9.47 Å². The van der Waals surface area contributed by atoms with Crippen LogP contribution in [0.1, 0.15) is 38.4 Å². The first-order valence-electron chi connectivity index (χ1n) is 12.9. The second-order valence-corrected chi connectivity index (χ2v) is 9.99. The van der Waals surface area contributed by atoms with Crippen LogP contribution >= 0.6 is 0 Å². The van der Waals surface area contributed by atoms with E-state index in [0.717, 1.165) is 75.5 Å². The number of carbonyl (C=O) groups is 2. The number of esters is 1. The highest BCUT2D eigenvalue weighted by Gasteiger charge is 2.34. The SMILES string of the molecule is COCCN1CCN(CC2CCc3c(c4cc(F)ccc4n3Cc3ccc(C(=O)OC)cc3)C2=O)CC1. The van der Waals surface area contributed by atoms with E-state index in [9.17, 15) is 14.0 Å². The second kappa shape index (κ2) is 11.1. The fourth-order valence-corrected chi connectivity index (χ4v) is 5.69. The Morgan fingerprint density at radius 1 is 1.03 bits per heavy atom. The molecule has 0 spiro atoms. The van der Waals surface area contributed by atoms with Crippen LogP contribution in [0, 0.1) is 11.7 Å². The quantitative estimate of drug-likeness (QED) is 0.434. The van der Waals surface area contributed by atoms with Gasteiger partial charge in [-0.05, 0) is 48.7 Å². The molecule has 37 heavy (non-hydrogen) atoms. The molecule has 1 atom stereocenters. The maximum absolute atomic E-state index is 14.3. The minimum atomic E-state index is -0.376. The molecule has 8 heteroatoms. The van der Waals surface area contributed by atoms with E-state index in [-0.39, 0.29) is 23.5 Å². The van der Waals surface area contributed by atoms with Crippen LogP contribution in [0.5, 0.6) is 0 Å². The number of rotatable bonds is 8. The van der Waals surface area contributed by atoms with Gasteiger partial charge in [-0.2, -0.15) is 0 Å². The second-order valence-electron chi connectivity index (χ2n) is 9.99. The van der Waals surface area contributed by atoms with E-state index < -0.39 is 0 Å². The summed E-state index contributed by atoms with van der Waals surface area (Å²) in [5.41, 5.74) is 4.01. The first-order valence-corrected chi connectivity index (χ1v) is 12.9. The molecule has 1 aliphatic heterocycles. The number of halogens is 1. The molecule has 2 aromatic carbocycles. The summed E-state index contributed by atoms with van der Waals surface area (Å²) in [5.74, 6) is -0.672. The van der Waals surface area contributed by atoms with E-state index in [2.05, 4.69) is 14.4 Å². The third kappa shape index (κ3) is 5.32. The number of nitrogens with zero attached hydrogens (tertiary/aromatic N) is 3.